The number of halogens is 1. The fraction of sp³-hybridized carbons (Fsp3) is 0.150. The van der Waals surface area contributed by atoms with Crippen molar-refractivity contribution in [1.82, 2.24) is 0 Å². The number of fused-ring (bicyclic) bond motifs is 1. The molecule has 0 aromatic heterocycles. The fourth-order valence-electron chi connectivity index (χ4n) is 2.80. The van der Waals surface area contributed by atoms with Gasteiger partial charge in [0.1, 0.15) is 10.6 Å². The van der Waals surface area contributed by atoms with Crippen LogP contribution in [-0.2, 0) is 23.8 Å². The van der Waals surface area contributed by atoms with Gasteiger partial charge in [0, 0.05) is 16.7 Å². The molecule has 1 N–H and O–H groups in total. The summed E-state index contributed by atoms with van der Waals surface area (Å²) in [5.41, 5.74) is -0.252. The zero-order chi connectivity index (χ0) is 24.2. The largest absolute Gasteiger partial charge is 0.513 e. The van der Waals surface area contributed by atoms with Crippen LogP contribution in [0, 0.1) is 0 Å². The minimum Gasteiger partial charge on any atom is -0.434 e. The number of sulfonamides is 1. The number of nitrogens with one attached hydrogen (secondary N) is 1. The second-order valence-corrected chi connectivity index (χ2v) is 10.9. The van der Waals surface area contributed by atoms with Gasteiger partial charge < -0.3 is 9.47 Å². The molecule has 0 radical (unpaired) electrons. The van der Waals surface area contributed by atoms with Crippen molar-refractivity contribution in [2.45, 2.75) is 11.8 Å². The van der Waals surface area contributed by atoms with Crippen LogP contribution < -0.4 is 9.46 Å². The summed E-state index contributed by atoms with van der Waals surface area (Å²) in [6.45, 7) is 1.52. The van der Waals surface area contributed by atoms with Crippen LogP contribution in [0.4, 0.5) is 21.9 Å². The van der Waals surface area contributed by atoms with E-state index in [2.05, 4.69) is 15.0 Å². The summed E-state index contributed by atoms with van der Waals surface area (Å²) in [5, 5.41) is 9.83. The third-order valence-electron chi connectivity index (χ3n) is 4.06. The van der Waals surface area contributed by atoms with E-state index >= 15 is 0 Å². The van der Waals surface area contributed by atoms with Crippen molar-refractivity contribution in [3.8, 4) is 5.75 Å². The Balaban J connectivity index is 2.16. The summed E-state index contributed by atoms with van der Waals surface area (Å²) in [7, 11) is -2.71. The SMILES string of the molecule is CCOC(=O)Oc1cc(NS(C)(=O)=O)cc(S(=O)(=O)Cl)c1N=Nc1ccc2ccccc2c1. The number of rotatable bonds is 7. The summed E-state index contributed by atoms with van der Waals surface area (Å²) in [6, 6.07) is 14.7. The number of ether oxygens (including phenoxy) is 2. The number of carbonyl (C=O) groups is 1. The molecule has 3 aromatic carbocycles. The fourth-order valence-corrected chi connectivity index (χ4v) is 4.34. The zero-order valence-corrected chi connectivity index (χ0v) is 19.7. The zero-order valence-electron chi connectivity index (χ0n) is 17.3. The van der Waals surface area contributed by atoms with Crippen LogP contribution in [0.15, 0.2) is 69.7 Å². The minimum atomic E-state index is -4.47. The van der Waals surface area contributed by atoms with Crippen molar-refractivity contribution in [3.63, 3.8) is 0 Å². The number of carbonyl (C=O) groups excluding carboxylic acids is 1. The number of hydrogen-bond acceptors (Lipinski definition) is 9. The molecular weight excluding hydrogens is 494 g/mol. The van der Waals surface area contributed by atoms with Gasteiger partial charge in [-0.2, -0.15) is 5.11 Å². The second-order valence-electron chi connectivity index (χ2n) is 6.65. The Morgan fingerprint density at radius 3 is 2.33 bits per heavy atom. The lowest BCUT2D eigenvalue weighted by Crippen LogP contribution is -2.13. The number of nitrogens with zero attached hydrogens (tertiary/aromatic N) is 2. The average molecular weight is 512 g/mol. The molecule has 174 valence electrons. The third-order valence-corrected chi connectivity index (χ3v) is 6.00. The highest BCUT2D eigenvalue weighted by molar-refractivity contribution is 8.13. The van der Waals surface area contributed by atoms with Crippen LogP contribution in [0.1, 0.15) is 6.92 Å². The van der Waals surface area contributed by atoms with Gasteiger partial charge in [-0.15, -0.1) is 5.11 Å². The molecule has 0 saturated heterocycles. The Bertz CT molecular complexity index is 1460. The first kappa shape index (κ1) is 24.4. The Kier molecular flexibility index (Phi) is 7.20. The predicted molar refractivity (Wildman–Crippen MR) is 124 cm³/mol. The van der Waals surface area contributed by atoms with Gasteiger partial charge in [0.15, 0.2) is 5.75 Å². The van der Waals surface area contributed by atoms with E-state index < -0.39 is 41.6 Å². The topological polar surface area (TPSA) is 141 Å². The van der Waals surface area contributed by atoms with Crippen LogP contribution in [0.5, 0.6) is 5.75 Å². The van der Waals surface area contributed by atoms with Gasteiger partial charge in [-0.05, 0) is 35.9 Å². The van der Waals surface area contributed by atoms with Crippen molar-refractivity contribution in [1.29, 1.82) is 0 Å². The van der Waals surface area contributed by atoms with Gasteiger partial charge in [0.2, 0.25) is 10.0 Å². The Morgan fingerprint density at radius 2 is 1.70 bits per heavy atom. The molecule has 0 aliphatic rings. The number of hydrogen-bond donors (Lipinski definition) is 1. The molecular formula is C20H18ClN3O7S2. The second kappa shape index (κ2) is 9.73. The highest BCUT2D eigenvalue weighted by Gasteiger charge is 2.24. The number of azo groups is 1. The van der Waals surface area contributed by atoms with Crippen molar-refractivity contribution in [2.24, 2.45) is 10.2 Å². The van der Waals surface area contributed by atoms with Gasteiger partial charge in [-0.25, -0.2) is 21.6 Å². The van der Waals surface area contributed by atoms with E-state index in [0.717, 1.165) is 29.2 Å². The molecule has 3 rings (SSSR count). The molecule has 0 saturated carbocycles. The summed E-state index contributed by atoms with van der Waals surface area (Å²) < 4.78 is 59.6. The van der Waals surface area contributed by atoms with Crippen LogP contribution in [0.3, 0.4) is 0 Å². The van der Waals surface area contributed by atoms with E-state index in [9.17, 15) is 21.6 Å². The quantitative estimate of drug-likeness (QED) is 0.201. The normalized spacial score (nSPS) is 12.1. The van der Waals surface area contributed by atoms with Gasteiger partial charge in [0.25, 0.3) is 9.05 Å². The molecule has 0 aliphatic carbocycles. The molecule has 13 heteroatoms. The van der Waals surface area contributed by atoms with Crippen LogP contribution in [-0.4, -0.2) is 35.9 Å². The van der Waals surface area contributed by atoms with E-state index in [-0.39, 0.29) is 12.3 Å². The summed E-state index contributed by atoms with van der Waals surface area (Å²) in [6.07, 6.45) is -0.296. The summed E-state index contributed by atoms with van der Waals surface area (Å²) in [5.74, 6) is -0.425. The molecule has 10 nitrogen and oxygen atoms in total. The monoisotopic (exact) mass is 511 g/mol. The third kappa shape index (κ3) is 6.63. The van der Waals surface area contributed by atoms with E-state index in [1.807, 2.05) is 24.3 Å². The maximum absolute atomic E-state index is 12.2. The summed E-state index contributed by atoms with van der Waals surface area (Å²) in [4.78, 5) is 11.3. The van der Waals surface area contributed by atoms with Crippen molar-refractivity contribution < 1.29 is 31.1 Å². The molecule has 0 heterocycles. The first-order valence-corrected chi connectivity index (χ1v) is 13.5. The lowest BCUT2D eigenvalue weighted by Gasteiger charge is -2.12. The first-order chi connectivity index (χ1) is 15.5. The van der Waals surface area contributed by atoms with E-state index in [0.29, 0.717) is 5.69 Å². The molecule has 0 atom stereocenters. The summed E-state index contributed by atoms with van der Waals surface area (Å²) >= 11 is 0. The predicted octanol–water partition coefficient (Wildman–Crippen LogP) is 5.09. The molecule has 0 amide bonds. The number of anilines is 1. The van der Waals surface area contributed by atoms with Crippen molar-refractivity contribution >= 4 is 63.7 Å². The van der Waals surface area contributed by atoms with Crippen LogP contribution in [0.25, 0.3) is 10.8 Å². The molecule has 0 fully saturated rings. The Morgan fingerprint density at radius 1 is 1.00 bits per heavy atom. The van der Waals surface area contributed by atoms with Gasteiger partial charge >= 0.3 is 6.16 Å². The van der Waals surface area contributed by atoms with Crippen LogP contribution in [0.2, 0.25) is 0 Å². The molecule has 0 bridgehead atoms. The molecule has 0 unspecified atom stereocenters. The first-order valence-electron chi connectivity index (χ1n) is 9.32. The van der Waals surface area contributed by atoms with Crippen LogP contribution >= 0.6 is 10.7 Å². The molecule has 0 aliphatic heterocycles. The molecule has 33 heavy (non-hydrogen) atoms. The standard InChI is InChI=1S/C20H18ClN3O7S2/c1-3-30-20(25)31-17-11-16(24-32(2,26)27)12-18(33(21,28)29)19(17)23-22-15-9-8-13-6-4-5-7-14(13)10-15/h4-12,24H,3H2,1-2H3. The maximum atomic E-state index is 12.2. The highest BCUT2D eigenvalue weighted by atomic mass is 35.7. The lowest BCUT2D eigenvalue weighted by atomic mass is 10.1. The van der Waals surface area contributed by atoms with E-state index in [1.54, 1.807) is 18.2 Å². The van der Waals surface area contributed by atoms with Crippen molar-refractivity contribution in [3.05, 3.63) is 54.6 Å². The number of benzene rings is 3. The van der Waals surface area contributed by atoms with E-state index in [4.69, 9.17) is 20.2 Å². The average Bonchev–Trinajstić information content (AvgIpc) is 2.71. The highest BCUT2D eigenvalue weighted by Crippen LogP contribution is 2.41. The van der Waals surface area contributed by atoms with Gasteiger partial charge in [0.05, 0.1) is 24.2 Å². The Hall–Kier alpha value is -3.22. The molecule has 0 spiro atoms. The maximum Gasteiger partial charge on any atom is 0.513 e. The molecule has 3 aromatic rings. The Labute approximate surface area is 194 Å². The smallest absolute Gasteiger partial charge is 0.434 e. The minimum absolute atomic E-state index is 0.0191. The van der Waals surface area contributed by atoms with Gasteiger partial charge in [-0.1, -0.05) is 30.3 Å². The lowest BCUT2D eigenvalue weighted by molar-refractivity contribution is 0.104. The van der Waals surface area contributed by atoms with Crippen molar-refractivity contribution in [2.75, 3.05) is 17.6 Å². The van der Waals surface area contributed by atoms with E-state index in [1.165, 1.54) is 6.92 Å². The van der Waals surface area contributed by atoms with Gasteiger partial charge in [-0.3, -0.25) is 4.72 Å².